The van der Waals surface area contributed by atoms with Gasteiger partial charge in [0.1, 0.15) is 5.83 Å². The molecule has 0 aromatic carbocycles. The summed E-state index contributed by atoms with van der Waals surface area (Å²) in [6.07, 6.45) is 4.44. The van der Waals surface area contributed by atoms with Crippen molar-refractivity contribution >= 4 is 7.12 Å². The first-order valence-electron chi connectivity index (χ1n) is 5.59. The molecule has 1 aliphatic rings. The maximum atomic E-state index is 13.8. The molecule has 5 heteroatoms. The molecule has 90 valence electrons. The van der Waals surface area contributed by atoms with Crippen molar-refractivity contribution in [2.75, 3.05) is 0 Å². The Morgan fingerprint density at radius 3 is 2.69 bits per heavy atom. The summed E-state index contributed by atoms with van der Waals surface area (Å²) in [5.41, 5.74) is 0. The van der Waals surface area contributed by atoms with E-state index in [9.17, 15) is 18.8 Å². The van der Waals surface area contributed by atoms with Gasteiger partial charge in [-0.05, 0) is 12.5 Å². The maximum absolute atomic E-state index is 13.8. The molecular weight excluding hydrogens is 213 g/mol. The molecule has 2 N–H and O–H groups in total. The summed E-state index contributed by atoms with van der Waals surface area (Å²) in [4.78, 5) is 0. The lowest BCUT2D eigenvalue weighted by Gasteiger charge is -2.34. The molecule has 2 unspecified atom stereocenters. The van der Waals surface area contributed by atoms with E-state index in [2.05, 4.69) is 0 Å². The van der Waals surface area contributed by atoms with Gasteiger partial charge in [0.15, 0.2) is 6.17 Å². The Bertz CT molecular complexity index is 292. The van der Waals surface area contributed by atoms with Gasteiger partial charge in [-0.3, -0.25) is 0 Å². The lowest BCUT2D eigenvalue weighted by molar-refractivity contribution is 0.216. The Balaban J connectivity index is 2.81. The Hall–Kier alpha value is -0.675. The van der Waals surface area contributed by atoms with Gasteiger partial charge in [0.2, 0.25) is 0 Å². The molecule has 0 spiro atoms. The van der Waals surface area contributed by atoms with Crippen molar-refractivity contribution in [2.24, 2.45) is 0 Å². The largest absolute Gasteiger partial charge is 0.465 e. The number of rotatable bonds is 5. The number of halogens is 2. The molecule has 0 aromatic heterocycles. The van der Waals surface area contributed by atoms with Crippen molar-refractivity contribution in [3.63, 3.8) is 0 Å². The molecule has 0 radical (unpaired) electrons. The molecule has 0 heterocycles. The number of allylic oxidation sites excluding steroid dienone is 4. The van der Waals surface area contributed by atoms with E-state index in [0.717, 1.165) is 18.9 Å². The molecule has 1 rings (SSSR count). The van der Waals surface area contributed by atoms with E-state index < -0.39 is 24.4 Å². The Kier molecular flexibility index (Phi) is 4.68. The van der Waals surface area contributed by atoms with Crippen LogP contribution in [0.4, 0.5) is 8.78 Å². The first-order valence-corrected chi connectivity index (χ1v) is 5.59. The van der Waals surface area contributed by atoms with Crippen LogP contribution in [0.3, 0.4) is 0 Å². The second-order valence-electron chi connectivity index (χ2n) is 4.22. The fourth-order valence-corrected chi connectivity index (χ4v) is 1.98. The predicted octanol–water partition coefficient (Wildman–Crippen LogP) is 2.54. The molecule has 0 aliphatic heterocycles. The first-order chi connectivity index (χ1) is 7.54. The summed E-state index contributed by atoms with van der Waals surface area (Å²) in [6, 6.07) is 0. The van der Waals surface area contributed by atoms with Crippen molar-refractivity contribution in [1.82, 2.24) is 0 Å². The molecule has 16 heavy (non-hydrogen) atoms. The number of alkyl halides is 1. The lowest BCUT2D eigenvalue weighted by Crippen LogP contribution is -2.40. The number of hydrogen-bond donors (Lipinski definition) is 2. The standard InChI is InChI=1S/C11H17BF2O2/c1-2-3-4-7-11(12(15)16)8-5-6-9(13)10(11)14/h5-6,8,10,15-16H,2-4,7H2,1H3. The van der Waals surface area contributed by atoms with Gasteiger partial charge in [0.05, 0.1) is 5.31 Å². The maximum Gasteiger partial charge on any atom is 0.465 e. The lowest BCUT2D eigenvalue weighted by atomic mass is 9.52. The highest BCUT2D eigenvalue weighted by Crippen LogP contribution is 2.47. The average Bonchev–Trinajstić information content (AvgIpc) is 2.24. The van der Waals surface area contributed by atoms with Gasteiger partial charge >= 0.3 is 7.12 Å². The van der Waals surface area contributed by atoms with Crippen LogP contribution in [0.15, 0.2) is 24.1 Å². The fraction of sp³-hybridized carbons (Fsp3) is 0.636. The topological polar surface area (TPSA) is 40.5 Å². The number of hydrogen-bond acceptors (Lipinski definition) is 2. The van der Waals surface area contributed by atoms with Gasteiger partial charge < -0.3 is 10.0 Å². The van der Waals surface area contributed by atoms with Gasteiger partial charge in [-0.15, -0.1) is 0 Å². The van der Waals surface area contributed by atoms with Crippen molar-refractivity contribution in [3.8, 4) is 0 Å². The fourth-order valence-electron chi connectivity index (χ4n) is 1.98. The highest BCUT2D eigenvalue weighted by atomic mass is 19.2. The van der Waals surface area contributed by atoms with Gasteiger partial charge in [-0.25, -0.2) is 8.78 Å². The quantitative estimate of drug-likeness (QED) is 0.562. The monoisotopic (exact) mass is 230 g/mol. The van der Waals surface area contributed by atoms with Crippen molar-refractivity contribution in [3.05, 3.63) is 24.1 Å². The molecule has 0 fully saturated rings. The van der Waals surface area contributed by atoms with Crippen LogP contribution in [0, 0.1) is 0 Å². The smallest absolute Gasteiger partial charge is 0.426 e. The Morgan fingerprint density at radius 1 is 1.44 bits per heavy atom. The molecule has 1 aliphatic carbocycles. The van der Waals surface area contributed by atoms with E-state index in [-0.39, 0.29) is 6.42 Å². The van der Waals surface area contributed by atoms with Gasteiger partial charge in [0.25, 0.3) is 0 Å². The zero-order chi connectivity index (χ0) is 12.2. The normalized spacial score (nSPS) is 29.1. The third-order valence-electron chi connectivity index (χ3n) is 3.07. The molecular formula is C11H17BF2O2. The van der Waals surface area contributed by atoms with Crippen LogP contribution in [-0.2, 0) is 0 Å². The Labute approximate surface area is 94.8 Å². The van der Waals surface area contributed by atoms with Crippen molar-refractivity contribution in [1.29, 1.82) is 0 Å². The minimum Gasteiger partial charge on any atom is -0.426 e. The van der Waals surface area contributed by atoms with Gasteiger partial charge in [-0.2, -0.15) is 0 Å². The molecule has 0 amide bonds. The Morgan fingerprint density at radius 2 is 2.12 bits per heavy atom. The van der Waals surface area contributed by atoms with Crippen LogP contribution in [0.1, 0.15) is 32.6 Å². The number of unbranched alkanes of at least 4 members (excludes halogenated alkanes) is 2. The zero-order valence-electron chi connectivity index (χ0n) is 9.37. The van der Waals surface area contributed by atoms with Crippen molar-refractivity contribution < 1.29 is 18.8 Å². The van der Waals surface area contributed by atoms with Crippen LogP contribution in [0.25, 0.3) is 0 Å². The zero-order valence-corrected chi connectivity index (χ0v) is 9.37. The van der Waals surface area contributed by atoms with E-state index in [1.54, 1.807) is 0 Å². The second-order valence-corrected chi connectivity index (χ2v) is 4.22. The molecule has 2 nitrogen and oxygen atoms in total. The van der Waals surface area contributed by atoms with E-state index in [0.29, 0.717) is 6.42 Å². The molecule has 2 atom stereocenters. The predicted molar refractivity (Wildman–Crippen MR) is 60.3 cm³/mol. The summed E-state index contributed by atoms with van der Waals surface area (Å²) in [7, 11) is -1.88. The van der Waals surface area contributed by atoms with Gasteiger partial charge in [-0.1, -0.05) is 38.3 Å². The molecule has 0 bridgehead atoms. The van der Waals surface area contributed by atoms with E-state index >= 15 is 0 Å². The second kappa shape index (κ2) is 5.59. The molecule has 0 saturated carbocycles. The van der Waals surface area contributed by atoms with Crippen LogP contribution in [-0.4, -0.2) is 23.3 Å². The van der Waals surface area contributed by atoms with Crippen LogP contribution < -0.4 is 0 Å². The third kappa shape index (κ3) is 2.52. The van der Waals surface area contributed by atoms with E-state index in [1.807, 2.05) is 6.92 Å². The minimum atomic E-state index is -1.96. The highest BCUT2D eigenvalue weighted by molar-refractivity contribution is 6.47. The molecule has 0 aromatic rings. The van der Waals surface area contributed by atoms with Gasteiger partial charge in [0, 0.05) is 0 Å². The SMILES string of the molecule is CCCCCC1(B(O)O)C=CC=C(F)C1F. The summed E-state index contributed by atoms with van der Waals surface area (Å²) >= 11 is 0. The van der Waals surface area contributed by atoms with E-state index in [4.69, 9.17) is 0 Å². The molecule has 0 saturated heterocycles. The highest BCUT2D eigenvalue weighted by Gasteiger charge is 2.49. The third-order valence-corrected chi connectivity index (χ3v) is 3.07. The first kappa shape index (κ1) is 13.4. The summed E-state index contributed by atoms with van der Waals surface area (Å²) < 4.78 is 26.9. The summed E-state index contributed by atoms with van der Waals surface area (Å²) in [6.45, 7) is 1.99. The summed E-state index contributed by atoms with van der Waals surface area (Å²) in [5, 5.41) is 17.1. The average molecular weight is 230 g/mol. The van der Waals surface area contributed by atoms with E-state index in [1.165, 1.54) is 12.2 Å². The van der Waals surface area contributed by atoms with Crippen LogP contribution >= 0.6 is 0 Å². The minimum absolute atomic E-state index is 0.234. The van der Waals surface area contributed by atoms with Crippen LogP contribution in [0.2, 0.25) is 5.31 Å². The summed E-state index contributed by atoms with van der Waals surface area (Å²) in [5.74, 6) is -0.938. The van der Waals surface area contributed by atoms with Crippen LogP contribution in [0.5, 0.6) is 0 Å². The van der Waals surface area contributed by atoms with Crippen molar-refractivity contribution in [2.45, 2.75) is 44.1 Å².